The van der Waals surface area contributed by atoms with E-state index in [2.05, 4.69) is 24.8 Å². The van der Waals surface area contributed by atoms with Crippen molar-refractivity contribution in [2.75, 3.05) is 13.1 Å². The number of piperidine rings is 1. The zero-order valence-corrected chi connectivity index (χ0v) is 10.9. The summed E-state index contributed by atoms with van der Waals surface area (Å²) in [6.45, 7) is 6.91. The summed E-state index contributed by atoms with van der Waals surface area (Å²) >= 11 is 0. The highest BCUT2D eigenvalue weighted by Gasteiger charge is 2.22. The van der Waals surface area contributed by atoms with Crippen molar-refractivity contribution in [3.8, 4) is 5.75 Å². The van der Waals surface area contributed by atoms with Crippen LogP contribution in [0, 0.1) is 5.92 Å². The number of likely N-dealkylation sites (tertiary alicyclic amines) is 1. The van der Waals surface area contributed by atoms with Gasteiger partial charge in [-0.25, -0.2) is 0 Å². The van der Waals surface area contributed by atoms with Crippen molar-refractivity contribution >= 4 is 0 Å². The average molecular weight is 233 g/mol. The largest absolute Gasteiger partial charge is 0.508 e. The van der Waals surface area contributed by atoms with Crippen LogP contribution in [-0.4, -0.2) is 23.1 Å². The molecule has 2 rings (SSSR count). The van der Waals surface area contributed by atoms with Crippen LogP contribution in [0.5, 0.6) is 5.75 Å². The number of phenols is 1. The van der Waals surface area contributed by atoms with Crippen LogP contribution in [-0.2, 0) is 0 Å². The molecule has 0 aliphatic carbocycles. The molecular formula is C15H23NO. The third-order valence-electron chi connectivity index (χ3n) is 4.13. The quantitative estimate of drug-likeness (QED) is 0.862. The number of hydrogen-bond donors (Lipinski definition) is 1. The number of rotatable bonds is 3. The fraction of sp³-hybridized carbons (Fsp3) is 0.600. The predicted molar refractivity (Wildman–Crippen MR) is 71.1 cm³/mol. The minimum atomic E-state index is 0.373. The maximum atomic E-state index is 9.52. The summed E-state index contributed by atoms with van der Waals surface area (Å²) in [4.78, 5) is 2.53. The minimum Gasteiger partial charge on any atom is -0.508 e. The zero-order chi connectivity index (χ0) is 12.3. The monoisotopic (exact) mass is 233 g/mol. The van der Waals surface area contributed by atoms with Gasteiger partial charge < -0.3 is 5.11 Å². The molecule has 1 unspecified atom stereocenters. The number of phenolic OH excluding ortho intramolecular Hbond substituents is 1. The van der Waals surface area contributed by atoms with Crippen LogP contribution in [0.25, 0.3) is 0 Å². The van der Waals surface area contributed by atoms with Gasteiger partial charge in [-0.1, -0.05) is 25.5 Å². The van der Waals surface area contributed by atoms with E-state index in [1.165, 1.54) is 37.9 Å². The molecule has 0 spiro atoms. The van der Waals surface area contributed by atoms with E-state index in [4.69, 9.17) is 0 Å². The van der Waals surface area contributed by atoms with Crippen LogP contribution in [0.4, 0.5) is 0 Å². The molecule has 1 aromatic carbocycles. The normalized spacial score (nSPS) is 20.4. The smallest absolute Gasteiger partial charge is 0.115 e. The highest BCUT2D eigenvalue weighted by atomic mass is 16.3. The Labute approximate surface area is 104 Å². The number of nitrogens with zero attached hydrogens (tertiary/aromatic N) is 1. The van der Waals surface area contributed by atoms with Crippen LogP contribution in [0.15, 0.2) is 24.3 Å². The van der Waals surface area contributed by atoms with Crippen LogP contribution in [0.3, 0.4) is 0 Å². The molecule has 0 amide bonds. The zero-order valence-electron chi connectivity index (χ0n) is 10.9. The molecule has 2 heteroatoms. The number of aromatic hydroxyl groups is 1. The second-order valence-electron chi connectivity index (χ2n) is 5.16. The summed E-state index contributed by atoms with van der Waals surface area (Å²) in [6.07, 6.45) is 3.95. The molecule has 0 bridgehead atoms. The van der Waals surface area contributed by atoms with Crippen LogP contribution in [0.2, 0.25) is 0 Å². The van der Waals surface area contributed by atoms with Gasteiger partial charge in [-0.15, -0.1) is 0 Å². The molecule has 0 saturated carbocycles. The van der Waals surface area contributed by atoms with Gasteiger partial charge in [-0.05, 0) is 56.5 Å². The van der Waals surface area contributed by atoms with Gasteiger partial charge in [-0.3, -0.25) is 4.90 Å². The first-order valence-electron chi connectivity index (χ1n) is 6.73. The van der Waals surface area contributed by atoms with E-state index in [-0.39, 0.29) is 0 Å². The van der Waals surface area contributed by atoms with E-state index in [1.807, 2.05) is 12.1 Å². The second-order valence-corrected chi connectivity index (χ2v) is 5.16. The Morgan fingerprint density at radius 2 is 2.06 bits per heavy atom. The standard InChI is InChI=1S/C15H23NO/c1-3-13-7-9-16(10-8-13)12(2)14-5-4-6-15(17)11-14/h4-6,11-13,17H,3,7-10H2,1-2H3. The topological polar surface area (TPSA) is 23.5 Å². The summed E-state index contributed by atoms with van der Waals surface area (Å²) in [7, 11) is 0. The first kappa shape index (κ1) is 12.4. The van der Waals surface area contributed by atoms with E-state index in [9.17, 15) is 5.11 Å². The Hall–Kier alpha value is -1.02. The Morgan fingerprint density at radius 3 is 2.65 bits per heavy atom. The van der Waals surface area contributed by atoms with Crippen molar-refractivity contribution < 1.29 is 5.11 Å². The number of hydrogen-bond acceptors (Lipinski definition) is 2. The second kappa shape index (κ2) is 5.54. The first-order chi connectivity index (χ1) is 8.20. The third kappa shape index (κ3) is 3.01. The lowest BCUT2D eigenvalue weighted by Crippen LogP contribution is -2.35. The summed E-state index contributed by atoms with van der Waals surface area (Å²) in [5.41, 5.74) is 1.22. The van der Waals surface area contributed by atoms with E-state index in [0.29, 0.717) is 11.8 Å². The van der Waals surface area contributed by atoms with Crippen LogP contribution in [0.1, 0.15) is 44.7 Å². The molecule has 1 saturated heterocycles. The first-order valence-corrected chi connectivity index (χ1v) is 6.73. The molecule has 17 heavy (non-hydrogen) atoms. The summed E-state index contributed by atoms with van der Waals surface area (Å²) in [5.74, 6) is 1.29. The molecule has 1 aromatic rings. The maximum Gasteiger partial charge on any atom is 0.115 e. The van der Waals surface area contributed by atoms with Gasteiger partial charge in [0, 0.05) is 6.04 Å². The van der Waals surface area contributed by atoms with Gasteiger partial charge in [0.15, 0.2) is 0 Å². The fourth-order valence-corrected chi connectivity index (χ4v) is 2.74. The van der Waals surface area contributed by atoms with Crippen molar-refractivity contribution in [2.45, 2.75) is 39.2 Å². The van der Waals surface area contributed by atoms with E-state index < -0.39 is 0 Å². The van der Waals surface area contributed by atoms with Gasteiger partial charge >= 0.3 is 0 Å². The third-order valence-corrected chi connectivity index (χ3v) is 4.13. The summed E-state index contributed by atoms with van der Waals surface area (Å²) in [5, 5.41) is 9.52. The lowest BCUT2D eigenvalue weighted by Gasteiger charge is -2.36. The lowest BCUT2D eigenvalue weighted by atomic mass is 9.93. The molecule has 1 aliphatic rings. The van der Waals surface area contributed by atoms with E-state index >= 15 is 0 Å². The summed E-state index contributed by atoms with van der Waals surface area (Å²) in [6, 6.07) is 8.08. The van der Waals surface area contributed by atoms with Crippen molar-refractivity contribution in [2.24, 2.45) is 5.92 Å². The summed E-state index contributed by atoms with van der Waals surface area (Å²) < 4.78 is 0. The SMILES string of the molecule is CCC1CCN(C(C)c2cccc(O)c2)CC1. The average Bonchev–Trinajstić information content (AvgIpc) is 2.38. The van der Waals surface area contributed by atoms with Gasteiger partial charge in [0.2, 0.25) is 0 Å². The van der Waals surface area contributed by atoms with Crippen molar-refractivity contribution in [1.82, 2.24) is 4.90 Å². The molecule has 94 valence electrons. The maximum absolute atomic E-state index is 9.52. The fourth-order valence-electron chi connectivity index (χ4n) is 2.74. The minimum absolute atomic E-state index is 0.373. The van der Waals surface area contributed by atoms with E-state index in [1.54, 1.807) is 6.07 Å². The highest BCUT2D eigenvalue weighted by molar-refractivity contribution is 5.29. The van der Waals surface area contributed by atoms with Crippen LogP contribution < -0.4 is 0 Å². The Balaban J connectivity index is 1.99. The highest BCUT2D eigenvalue weighted by Crippen LogP contribution is 2.28. The molecule has 1 heterocycles. The van der Waals surface area contributed by atoms with Gasteiger partial charge in [0.05, 0.1) is 0 Å². The van der Waals surface area contributed by atoms with Crippen molar-refractivity contribution in [3.05, 3.63) is 29.8 Å². The Bertz CT molecular complexity index is 356. The Kier molecular flexibility index (Phi) is 4.06. The van der Waals surface area contributed by atoms with Crippen molar-refractivity contribution in [3.63, 3.8) is 0 Å². The molecule has 1 aliphatic heterocycles. The van der Waals surface area contributed by atoms with Crippen LogP contribution >= 0.6 is 0 Å². The van der Waals surface area contributed by atoms with Crippen molar-refractivity contribution in [1.29, 1.82) is 0 Å². The van der Waals surface area contributed by atoms with Gasteiger partial charge in [0.1, 0.15) is 5.75 Å². The molecule has 2 nitrogen and oxygen atoms in total. The van der Waals surface area contributed by atoms with E-state index in [0.717, 1.165) is 5.92 Å². The molecular weight excluding hydrogens is 210 g/mol. The molecule has 1 N–H and O–H groups in total. The molecule has 1 atom stereocenters. The molecule has 0 aromatic heterocycles. The van der Waals surface area contributed by atoms with Gasteiger partial charge in [0.25, 0.3) is 0 Å². The Morgan fingerprint density at radius 1 is 1.35 bits per heavy atom. The molecule has 0 radical (unpaired) electrons. The number of benzene rings is 1. The lowest BCUT2D eigenvalue weighted by molar-refractivity contribution is 0.139. The van der Waals surface area contributed by atoms with Gasteiger partial charge in [-0.2, -0.15) is 0 Å². The predicted octanol–water partition coefficient (Wildman–Crippen LogP) is 3.58. The molecule has 1 fully saturated rings.